The van der Waals surface area contributed by atoms with Gasteiger partial charge in [-0.1, -0.05) is 18.2 Å². The molecule has 2 aromatic carbocycles. The van der Waals surface area contributed by atoms with Crippen LogP contribution in [0.5, 0.6) is 5.88 Å². The quantitative estimate of drug-likeness (QED) is 0.803. The van der Waals surface area contributed by atoms with E-state index in [4.69, 9.17) is 10.5 Å². The Bertz CT molecular complexity index is 852. The van der Waals surface area contributed by atoms with Crippen molar-refractivity contribution in [2.45, 2.75) is 6.92 Å². The van der Waals surface area contributed by atoms with Gasteiger partial charge < -0.3 is 10.5 Å². The number of aromatic nitrogens is 2. The summed E-state index contributed by atoms with van der Waals surface area (Å²) in [6.07, 6.45) is 0. The molecule has 0 aliphatic rings. The molecule has 6 heteroatoms. The molecule has 0 amide bonds. The Hall–Kier alpha value is -2.76. The van der Waals surface area contributed by atoms with Crippen molar-refractivity contribution in [1.82, 2.24) is 9.97 Å². The Balaban J connectivity index is 2.22. The zero-order chi connectivity index (χ0) is 15.7. The van der Waals surface area contributed by atoms with Crippen molar-refractivity contribution >= 4 is 16.9 Å². The number of halogens is 2. The van der Waals surface area contributed by atoms with E-state index in [-0.39, 0.29) is 11.5 Å². The molecule has 112 valence electrons. The molecule has 0 unspecified atom stereocenters. The van der Waals surface area contributed by atoms with Gasteiger partial charge in [-0.2, -0.15) is 4.98 Å². The zero-order valence-corrected chi connectivity index (χ0v) is 11.8. The van der Waals surface area contributed by atoms with E-state index in [0.717, 1.165) is 6.07 Å². The minimum Gasteiger partial charge on any atom is -0.477 e. The number of hydrogen-bond acceptors (Lipinski definition) is 4. The lowest BCUT2D eigenvalue weighted by atomic mass is 10.0. The third-order valence-corrected chi connectivity index (χ3v) is 3.22. The molecule has 0 atom stereocenters. The zero-order valence-electron chi connectivity index (χ0n) is 11.8. The van der Waals surface area contributed by atoms with Crippen LogP contribution in [0.3, 0.4) is 0 Å². The summed E-state index contributed by atoms with van der Waals surface area (Å²) in [5.41, 5.74) is 6.90. The summed E-state index contributed by atoms with van der Waals surface area (Å²) in [6, 6.07) is 9.05. The molecule has 0 saturated carbocycles. The van der Waals surface area contributed by atoms with Crippen molar-refractivity contribution in [3.8, 4) is 17.0 Å². The molecule has 0 aliphatic heterocycles. The van der Waals surface area contributed by atoms with Crippen LogP contribution < -0.4 is 10.5 Å². The van der Waals surface area contributed by atoms with Crippen LogP contribution in [0.25, 0.3) is 22.0 Å². The Labute approximate surface area is 125 Å². The highest BCUT2D eigenvalue weighted by molar-refractivity contribution is 5.89. The van der Waals surface area contributed by atoms with Crippen LogP contribution in [0.2, 0.25) is 0 Å². The van der Waals surface area contributed by atoms with Gasteiger partial charge in [-0.25, -0.2) is 13.8 Å². The molecular formula is C16H13F2N3O. The van der Waals surface area contributed by atoms with Gasteiger partial charge in [-0.3, -0.25) is 0 Å². The third-order valence-electron chi connectivity index (χ3n) is 3.22. The second-order valence-electron chi connectivity index (χ2n) is 4.65. The van der Waals surface area contributed by atoms with Crippen LogP contribution in [-0.4, -0.2) is 16.6 Å². The Morgan fingerprint density at radius 1 is 1.14 bits per heavy atom. The van der Waals surface area contributed by atoms with E-state index in [0.29, 0.717) is 29.0 Å². The van der Waals surface area contributed by atoms with Crippen molar-refractivity contribution in [1.29, 1.82) is 0 Å². The second-order valence-corrected chi connectivity index (χ2v) is 4.65. The highest BCUT2D eigenvalue weighted by Gasteiger charge is 2.13. The number of nitrogen functional groups attached to an aromatic ring is 1. The van der Waals surface area contributed by atoms with Crippen LogP contribution in [0.15, 0.2) is 36.4 Å². The standard InChI is InChI=1S/C16H13F2N3O/c1-2-22-15-11-8-9(6-7-13(11)20-16(19)21-15)10-4-3-5-12(17)14(10)18/h3-8H,2H2,1H3,(H2,19,20,21). The number of ether oxygens (including phenoxy) is 1. The van der Waals surface area contributed by atoms with Gasteiger partial charge in [0.15, 0.2) is 11.6 Å². The largest absolute Gasteiger partial charge is 0.477 e. The SMILES string of the molecule is CCOc1nc(N)nc2ccc(-c3cccc(F)c3F)cc12. The lowest BCUT2D eigenvalue weighted by Crippen LogP contribution is -2.01. The summed E-state index contributed by atoms with van der Waals surface area (Å²) in [5, 5.41) is 0.595. The Morgan fingerprint density at radius 2 is 1.95 bits per heavy atom. The maximum Gasteiger partial charge on any atom is 0.226 e. The molecule has 0 bridgehead atoms. The number of fused-ring (bicyclic) bond motifs is 1. The molecule has 3 rings (SSSR count). The number of nitrogens with zero attached hydrogens (tertiary/aromatic N) is 2. The van der Waals surface area contributed by atoms with E-state index in [9.17, 15) is 8.78 Å². The average molecular weight is 301 g/mol. The van der Waals surface area contributed by atoms with Crippen LogP contribution >= 0.6 is 0 Å². The van der Waals surface area contributed by atoms with E-state index in [1.165, 1.54) is 12.1 Å². The highest BCUT2D eigenvalue weighted by atomic mass is 19.2. The average Bonchev–Trinajstić information content (AvgIpc) is 2.50. The molecule has 3 aromatic rings. The number of benzene rings is 2. The van der Waals surface area contributed by atoms with E-state index in [1.807, 2.05) is 6.92 Å². The predicted octanol–water partition coefficient (Wildman–Crippen LogP) is 3.56. The van der Waals surface area contributed by atoms with Crippen LogP contribution in [0.1, 0.15) is 6.92 Å². The van der Waals surface area contributed by atoms with Gasteiger partial charge in [0, 0.05) is 5.56 Å². The molecule has 0 radical (unpaired) electrons. The summed E-state index contributed by atoms with van der Waals surface area (Å²) in [6.45, 7) is 2.23. The molecule has 1 heterocycles. The maximum absolute atomic E-state index is 13.9. The van der Waals surface area contributed by atoms with Crippen molar-refractivity contribution in [2.24, 2.45) is 0 Å². The summed E-state index contributed by atoms with van der Waals surface area (Å²) >= 11 is 0. The fraction of sp³-hybridized carbons (Fsp3) is 0.125. The van der Waals surface area contributed by atoms with E-state index < -0.39 is 11.6 Å². The lowest BCUT2D eigenvalue weighted by molar-refractivity contribution is 0.331. The number of anilines is 1. The van der Waals surface area contributed by atoms with Gasteiger partial charge in [0.05, 0.1) is 17.5 Å². The molecule has 0 spiro atoms. The first-order valence-corrected chi connectivity index (χ1v) is 6.74. The fourth-order valence-corrected chi connectivity index (χ4v) is 2.26. The maximum atomic E-state index is 13.9. The van der Waals surface area contributed by atoms with Gasteiger partial charge in [0.25, 0.3) is 0 Å². The molecule has 4 nitrogen and oxygen atoms in total. The smallest absolute Gasteiger partial charge is 0.226 e. The summed E-state index contributed by atoms with van der Waals surface area (Å²) in [7, 11) is 0. The molecule has 22 heavy (non-hydrogen) atoms. The summed E-state index contributed by atoms with van der Waals surface area (Å²) in [5.74, 6) is -1.36. The molecule has 0 fully saturated rings. The van der Waals surface area contributed by atoms with Gasteiger partial charge in [0.2, 0.25) is 11.8 Å². The van der Waals surface area contributed by atoms with Crippen molar-refractivity contribution in [3.05, 3.63) is 48.0 Å². The van der Waals surface area contributed by atoms with Crippen molar-refractivity contribution in [2.75, 3.05) is 12.3 Å². The van der Waals surface area contributed by atoms with Gasteiger partial charge in [-0.15, -0.1) is 0 Å². The lowest BCUT2D eigenvalue weighted by Gasteiger charge is -2.09. The van der Waals surface area contributed by atoms with Crippen LogP contribution in [-0.2, 0) is 0 Å². The Kier molecular flexibility index (Phi) is 3.58. The Morgan fingerprint density at radius 3 is 2.73 bits per heavy atom. The fourth-order valence-electron chi connectivity index (χ4n) is 2.26. The molecule has 1 aromatic heterocycles. The van der Waals surface area contributed by atoms with Crippen LogP contribution in [0.4, 0.5) is 14.7 Å². The summed E-state index contributed by atoms with van der Waals surface area (Å²) in [4.78, 5) is 8.15. The molecule has 2 N–H and O–H groups in total. The van der Waals surface area contributed by atoms with Crippen molar-refractivity contribution in [3.63, 3.8) is 0 Å². The second kappa shape index (κ2) is 5.55. The normalized spacial score (nSPS) is 10.9. The number of hydrogen-bond donors (Lipinski definition) is 1. The number of nitrogens with two attached hydrogens (primary N) is 1. The first-order valence-electron chi connectivity index (χ1n) is 6.74. The van der Waals surface area contributed by atoms with Gasteiger partial charge >= 0.3 is 0 Å². The highest BCUT2D eigenvalue weighted by Crippen LogP contribution is 2.31. The molecular weight excluding hydrogens is 288 g/mol. The molecule has 0 saturated heterocycles. The van der Waals surface area contributed by atoms with Gasteiger partial charge in [-0.05, 0) is 30.7 Å². The minimum absolute atomic E-state index is 0.0978. The predicted molar refractivity (Wildman–Crippen MR) is 80.5 cm³/mol. The van der Waals surface area contributed by atoms with Crippen LogP contribution in [0, 0.1) is 11.6 Å². The van der Waals surface area contributed by atoms with Crippen molar-refractivity contribution < 1.29 is 13.5 Å². The monoisotopic (exact) mass is 301 g/mol. The van der Waals surface area contributed by atoms with E-state index in [2.05, 4.69) is 9.97 Å². The number of rotatable bonds is 3. The summed E-state index contributed by atoms with van der Waals surface area (Å²) < 4.78 is 32.8. The third kappa shape index (κ3) is 2.43. The van der Waals surface area contributed by atoms with E-state index >= 15 is 0 Å². The topological polar surface area (TPSA) is 61.0 Å². The first kappa shape index (κ1) is 14.2. The minimum atomic E-state index is -0.892. The first-order chi connectivity index (χ1) is 10.6. The molecule has 0 aliphatic carbocycles. The van der Waals surface area contributed by atoms with Gasteiger partial charge in [0.1, 0.15) is 0 Å². The van der Waals surface area contributed by atoms with E-state index in [1.54, 1.807) is 18.2 Å².